The lowest BCUT2D eigenvalue weighted by molar-refractivity contribution is 0.545. The number of nitrogens with zero attached hydrogens (tertiary/aromatic N) is 2. The van der Waals surface area contributed by atoms with Gasteiger partial charge in [0.05, 0.1) is 23.7 Å². The second-order valence-corrected chi connectivity index (χ2v) is 6.84. The zero-order valence-corrected chi connectivity index (χ0v) is 13.7. The second kappa shape index (κ2) is 5.45. The van der Waals surface area contributed by atoms with Crippen molar-refractivity contribution in [2.24, 2.45) is 5.41 Å². The van der Waals surface area contributed by atoms with E-state index in [0.717, 1.165) is 5.52 Å². The SMILES string of the molecule is C/C(=C\C(C)(C)C)c1ccc(-c2ccccc2)n2cncc12. The van der Waals surface area contributed by atoms with Crippen molar-refractivity contribution < 1.29 is 0 Å². The first-order valence-electron chi connectivity index (χ1n) is 7.66. The molecule has 0 radical (unpaired) electrons. The Morgan fingerprint density at radius 2 is 1.77 bits per heavy atom. The molecule has 0 aliphatic rings. The van der Waals surface area contributed by atoms with E-state index >= 15 is 0 Å². The van der Waals surface area contributed by atoms with Crippen LogP contribution >= 0.6 is 0 Å². The van der Waals surface area contributed by atoms with Crippen LogP contribution in [0.15, 0.2) is 61.1 Å². The maximum atomic E-state index is 4.36. The smallest absolute Gasteiger partial charge is 0.0997 e. The van der Waals surface area contributed by atoms with Gasteiger partial charge in [0.2, 0.25) is 0 Å². The predicted octanol–water partition coefficient (Wildman–Crippen LogP) is 5.45. The quantitative estimate of drug-likeness (QED) is 0.613. The molecule has 0 bridgehead atoms. The summed E-state index contributed by atoms with van der Waals surface area (Å²) in [5, 5.41) is 0. The van der Waals surface area contributed by atoms with E-state index < -0.39 is 0 Å². The minimum Gasteiger partial charge on any atom is -0.298 e. The maximum absolute atomic E-state index is 4.36. The molecule has 112 valence electrons. The summed E-state index contributed by atoms with van der Waals surface area (Å²) >= 11 is 0. The number of pyridine rings is 1. The molecule has 0 aliphatic heterocycles. The topological polar surface area (TPSA) is 17.3 Å². The van der Waals surface area contributed by atoms with Gasteiger partial charge in [0.25, 0.3) is 0 Å². The molecule has 2 heterocycles. The van der Waals surface area contributed by atoms with Crippen LogP contribution in [-0.4, -0.2) is 9.38 Å². The molecule has 0 amide bonds. The summed E-state index contributed by atoms with van der Waals surface area (Å²) in [4.78, 5) is 4.36. The van der Waals surface area contributed by atoms with Crippen LogP contribution in [0.5, 0.6) is 0 Å². The van der Waals surface area contributed by atoms with Crippen molar-refractivity contribution in [1.29, 1.82) is 0 Å². The molecule has 3 aromatic rings. The van der Waals surface area contributed by atoms with Crippen molar-refractivity contribution in [3.63, 3.8) is 0 Å². The van der Waals surface area contributed by atoms with E-state index in [9.17, 15) is 0 Å². The van der Waals surface area contributed by atoms with Gasteiger partial charge >= 0.3 is 0 Å². The fraction of sp³-hybridized carbons (Fsp3) is 0.250. The zero-order valence-electron chi connectivity index (χ0n) is 13.7. The fourth-order valence-electron chi connectivity index (χ4n) is 2.92. The summed E-state index contributed by atoms with van der Waals surface area (Å²) in [7, 11) is 0. The third-order valence-corrected chi connectivity index (χ3v) is 3.73. The van der Waals surface area contributed by atoms with Gasteiger partial charge in [-0.05, 0) is 29.5 Å². The molecule has 0 unspecified atom stereocenters. The number of allylic oxidation sites excluding steroid dienone is 2. The standard InChI is InChI=1S/C20H22N2/c1-15(12-20(2,3)4)17-10-11-18(16-8-6-5-7-9-16)22-14-21-13-19(17)22/h5-14H,1-4H3/b15-12+. The van der Waals surface area contributed by atoms with Gasteiger partial charge in [0.15, 0.2) is 0 Å². The van der Waals surface area contributed by atoms with Crippen LogP contribution in [-0.2, 0) is 0 Å². The van der Waals surface area contributed by atoms with Gasteiger partial charge in [-0.2, -0.15) is 0 Å². The third-order valence-electron chi connectivity index (χ3n) is 3.73. The van der Waals surface area contributed by atoms with Crippen LogP contribution in [0.3, 0.4) is 0 Å². The summed E-state index contributed by atoms with van der Waals surface area (Å²) in [5.41, 5.74) is 6.22. The third kappa shape index (κ3) is 2.82. The number of imidazole rings is 1. The molecule has 0 N–H and O–H groups in total. The van der Waals surface area contributed by atoms with Crippen molar-refractivity contribution in [1.82, 2.24) is 9.38 Å². The van der Waals surface area contributed by atoms with Gasteiger partial charge < -0.3 is 0 Å². The molecule has 2 aromatic heterocycles. The van der Waals surface area contributed by atoms with Gasteiger partial charge in [0, 0.05) is 5.56 Å². The Labute approximate surface area is 132 Å². The van der Waals surface area contributed by atoms with Crippen LogP contribution < -0.4 is 0 Å². The summed E-state index contributed by atoms with van der Waals surface area (Å²) in [6, 6.07) is 14.8. The van der Waals surface area contributed by atoms with Gasteiger partial charge in [-0.3, -0.25) is 4.40 Å². The number of rotatable bonds is 2. The number of benzene rings is 1. The van der Waals surface area contributed by atoms with Crippen molar-refractivity contribution in [2.75, 3.05) is 0 Å². The molecular formula is C20H22N2. The lowest BCUT2D eigenvalue weighted by Crippen LogP contribution is -2.01. The Kier molecular flexibility index (Phi) is 3.61. The average molecular weight is 290 g/mol. The molecule has 22 heavy (non-hydrogen) atoms. The second-order valence-electron chi connectivity index (χ2n) is 6.84. The number of hydrogen-bond donors (Lipinski definition) is 0. The van der Waals surface area contributed by atoms with Crippen molar-refractivity contribution in [3.05, 3.63) is 66.6 Å². The van der Waals surface area contributed by atoms with Gasteiger partial charge in [-0.25, -0.2) is 4.98 Å². The molecule has 0 saturated heterocycles. The molecule has 0 saturated carbocycles. The summed E-state index contributed by atoms with van der Waals surface area (Å²) < 4.78 is 2.17. The summed E-state index contributed by atoms with van der Waals surface area (Å²) in [6.07, 6.45) is 6.16. The van der Waals surface area contributed by atoms with Gasteiger partial charge in [0.1, 0.15) is 0 Å². The lowest BCUT2D eigenvalue weighted by atomic mass is 9.91. The molecule has 0 atom stereocenters. The minimum absolute atomic E-state index is 0.166. The Bertz CT molecular complexity index is 818. The van der Waals surface area contributed by atoms with E-state index in [-0.39, 0.29) is 5.41 Å². The first-order valence-corrected chi connectivity index (χ1v) is 7.66. The normalized spacial score (nSPS) is 12.8. The molecule has 0 aliphatic carbocycles. The largest absolute Gasteiger partial charge is 0.298 e. The van der Waals surface area contributed by atoms with Crippen LogP contribution in [0.4, 0.5) is 0 Å². The highest BCUT2D eigenvalue weighted by Gasteiger charge is 2.12. The monoisotopic (exact) mass is 290 g/mol. The van der Waals surface area contributed by atoms with E-state index in [1.54, 1.807) is 0 Å². The Hall–Kier alpha value is -2.35. The highest BCUT2D eigenvalue weighted by molar-refractivity contribution is 5.80. The van der Waals surface area contributed by atoms with Crippen LogP contribution in [0.1, 0.15) is 33.3 Å². The van der Waals surface area contributed by atoms with Crippen molar-refractivity contribution >= 4 is 11.1 Å². The first-order chi connectivity index (χ1) is 10.5. The van der Waals surface area contributed by atoms with Crippen molar-refractivity contribution in [2.45, 2.75) is 27.7 Å². The maximum Gasteiger partial charge on any atom is 0.0997 e. The average Bonchev–Trinajstić information content (AvgIpc) is 2.94. The predicted molar refractivity (Wildman–Crippen MR) is 93.7 cm³/mol. The minimum atomic E-state index is 0.166. The Morgan fingerprint density at radius 3 is 2.45 bits per heavy atom. The number of aromatic nitrogens is 2. The van der Waals surface area contributed by atoms with Gasteiger partial charge in [-0.15, -0.1) is 0 Å². The highest BCUT2D eigenvalue weighted by Crippen LogP contribution is 2.29. The molecule has 3 rings (SSSR count). The number of fused-ring (bicyclic) bond motifs is 1. The van der Waals surface area contributed by atoms with E-state index in [2.05, 4.69) is 79.6 Å². The van der Waals surface area contributed by atoms with E-state index in [0.29, 0.717) is 0 Å². The first kappa shape index (κ1) is 14.6. The molecule has 0 fully saturated rings. The van der Waals surface area contributed by atoms with Crippen LogP contribution in [0.25, 0.3) is 22.3 Å². The fourth-order valence-corrected chi connectivity index (χ4v) is 2.92. The number of hydrogen-bond acceptors (Lipinski definition) is 1. The molecular weight excluding hydrogens is 268 g/mol. The summed E-state index contributed by atoms with van der Waals surface area (Å²) in [5.74, 6) is 0. The molecule has 2 nitrogen and oxygen atoms in total. The molecule has 0 spiro atoms. The summed E-state index contributed by atoms with van der Waals surface area (Å²) in [6.45, 7) is 8.85. The van der Waals surface area contributed by atoms with E-state index in [1.807, 2.05) is 18.6 Å². The van der Waals surface area contributed by atoms with E-state index in [1.165, 1.54) is 22.4 Å². The van der Waals surface area contributed by atoms with Crippen molar-refractivity contribution in [3.8, 4) is 11.3 Å². The molecule has 1 aromatic carbocycles. The van der Waals surface area contributed by atoms with Crippen LogP contribution in [0.2, 0.25) is 0 Å². The van der Waals surface area contributed by atoms with Crippen LogP contribution in [0, 0.1) is 5.41 Å². The van der Waals surface area contributed by atoms with Gasteiger partial charge in [-0.1, -0.05) is 63.2 Å². The Balaban J connectivity index is 2.18. The van der Waals surface area contributed by atoms with E-state index in [4.69, 9.17) is 0 Å². The molecule has 2 heteroatoms. The highest BCUT2D eigenvalue weighted by atomic mass is 15.0. The Morgan fingerprint density at radius 1 is 1.05 bits per heavy atom. The zero-order chi connectivity index (χ0) is 15.7. The lowest BCUT2D eigenvalue weighted by Gasteiger charge is -2.16.